The molecule has 2 aromatic rings. The van der Waals surface area contributed by atoms with E-state index in [0.29, 0.717) is 11.8 Å². The first kappa shape index (κ1) is 21.1. The Hall–Kier alpha value is -2.23. The molecule has 27 heavy (non-hydrogen) atoms. The summed E-state index contributed by atoms with van der Waals surface area (Å²) in [5.41, 5.74) is -0.459. The highest BCUT2D eigenvalue weighted by Crippen LogP contribution is 2.34. The van der Waals surface area contributed by atoms with Crippen molar-refractivity contribution in [2.45, 2.75) is 24.2 Å². The maximum absolute atomic E-state index is 14.1. The van der Waals surface area contributed by atoms with Crippen molar-refractivity contribution < 1.29 is 30.7 Å². The zero-order valence-electron chi connectivity index (χ0n) is 13.7. The van der Waals surface area contributed by atoms with Crippen LogP contribution in [0, 0.1) is 12.7 Å². The lowest BCUT2D eigenvalue weighted by Gasteiger charge is -2.14. The van der Waals surface area contributed by atoms with Gasteiger partial charge in [-0.2, -0.15) is 26.3 Å². The zero-order valence-corrected chi connectivity index (χ0v) is 14.6. The molecule has 0 aliphatic rings. The lowest BCUT2D eigenvalue weighted by atomic mass is 10.2. The van der Waals surface area contributed by atoms with Gasteiger partial charge in [0.2, 0.25) is 5.84 Å². The molecule has 0 atom stereocenters. The first-order valence-corrected chi connectivity index (χ1v) is 8.42. The smallest absolute Gasteiger partial charge is 0.336 e. The van der Waals surface area contributed by atoms with E-state index in [1.54, 1.807) is 6.07 Å². The number of alkyl halides is 6. The van der Waals surface area contributed by atoms with E-state index in [4.69, 9.17) is 0 Å². The summed E-state index contributed by atoms with van der Waals surface area (Å²) in [5.74, 6) is -3.81. The molecule has 0 aliphatic carbocycles. The fourth-order valence-electron chi connectivity index (χ4n) is 1.98. The molecule has 0 bridgehead atoms. The summed E-state index contributed by atoms with van der Waals surface area (Å²) in [5, 5.41) is 2.06. The van der Waals surface area contributed by atoms with Crippen molar-refractivity contribution in [2.75, 3.05) is 11.1 Å². The number of nitrogens with zero attached hydrogens (tertiary/aromatic N) is 1. The van der Waals surface area contributed by atoms with Gasteiger partial charge in [-0.05, 0) is 36.8 Å². The van der Waals surface area contributed by atoms with E-state index in [-0.39, 0.29) is 16.1 Å². The van der Waals surface area contributed by atoms with Gasteiger partial charge in [0.15, 0.2) is 0 Å². The van der Waals surface area contributed by atoms with Crippen LogP contribution in [0.5, 0.6) is 0 Å². The van der Waals surface area contributed by atoms with Gasteiger partial charge in [-0.15, -0.1) is 11.8 Å². The van der Waals surface area contributed by atoms with Crippen LogP contribution in [0.25, 0.3) is 0 Å². The molecule has 0 fully saturated rings. The summed E-state index contributed by atoms with van der Waals surface area (Å²) in [6.45, 7) is 1.36. The third-order valence-electron chi connectivity index (χ3n) is 3.17. The second kappa shape index (κ2) is 8.20. The Kier molecular flexibility index (Phi) is 6.40. The van der Waals surface area contributed by atoms with Crippen LogP contribution < -0.4 is 5.32 Å². The Morgan fingerprint density at radius 2 is 1.67 bits per heavy atom. The van der Waals surface area contributed by atoms with Gasteiger partial charge in [-0.3, -0.25) is 0 Å². The van der Waals surface area contributed by atoms with Gasteiger partial charge in [0.1, 0.15) is 11.5 Å². The number of para-hydroxylation sites is 1. The van der Waals surface area contributed by atoms with Crippen LogP contribution in [0.15, 0.2) is 52.4 Å². The first-order valence-electron chi connectivity index (χ1n) is 7.43. The molecule has 146 valence electrons. The van der Waals surface area contributed by atoms with Crippen molar-refractivity contribution in [3.05, 3.63) is 53.8 Å². The highest BCUT2D eigenvalue weighted by Gasteiger charge is 2.36. The first-order chi connectivity index (χ1) is 12.5. The highest BCUT2D eigenvalue weighted by molar-refractivity contribution is 7.99. The molecule has 0 radical (unpaired) electrons. The van der Waals surface area contributed by atoms with E-state index in [0.717, 1.165) is 12.1 Å². The van der Waals surface area contributed by atoms with Gasteiger partial charge in [0.25, 0.3) is 0 Å². The normalized spacial score (nSPS) is 13.0. The van der Waals surface area contributed by atoms with E-state index < -0.39 is 35.4 Å². The standard InChI is InChI=1S/C17H13F7N2S/c1-10-7-12(18)13(8-14(10)27-9-16(19,20)21)26-15(17(22,23)24)25-11-5-3-2-4-6-11/h2-8H,9H2,1H3,(H,25,26). The number of aliphatic imine (C=N–C) groups is 1. The summed E-state index contributed by atoms with van der Waals surface area (Å²) in [6.07, 6.45) is -9.40. The van der Waals surface area contributed by atoms with Crippen molar-refractivity contribution in [1.82, 2.24) is 0 Å². The third kappa shape index (κ3) is 6.46. The third-order valence-corrected chi connectivity index (χ3v) is 4.40. The van der Waals surface area contributed by atoms with Gasteiger partial charge in [-0.25, -0.2) is 9.38 Å². The molecule has 1 N–H and O–H groups in total. The van der Waals surface area contributed by atoms with Crippen molar-refractivity contribution in [2.24, 2.45) is 4.99 Å². The maximum atomic E-state index is 14.1. The summed E-state index contributed by atoms with van der Waals surface area (Å²) < 4.78 is 90.9. The average Bonchev–Trinajstić information content (AvgIpc) is 2.54. The average molecular weight is 410 g/mol. The number of halogens is 7. The number of hydrogen-bond donors (Lipinski definition) is 1. The van der Waals surface area contributed by atoms with Crippen molar-refractivity contribution >= 4 is 29.0 Å². The fraction of sp³-hybridized carbons (Fsp3) is 0.235. The van der Waals surface area contributed by atoms with E-state index in [2.05, 4.69) is 10.3 Å². The Bertz CT molecular complexity index is 815. The Morgan fingerprint density at radius 3 is 2.22 bits per heavy atom. The molecule has 0 aromatic heterocycles. The van der Waals surface area contributed by atoms with Gasteiger partial charge < -0.3 is 5.32 Å². The minimum atomic E-state index is -4.92. The number of amidine groups is 1. The van der Waals surface area contributed by atoms with Gasteiger partial charge >= 0.3 is 12.4 Å². The Balaban J connectivity index is 2.40. The molecule has 0 saturated heterocycles. The summed E-state index contributed by atoms with van der Waals surface area (Å²) in [4.78, 5) is 3.28. The monoisotopic (exact) mass is 410 g/mol. The Labute approximate surface area is 154 Å². The quantitative estimate of drug-likeness (QED) is 0.270. The van der Waals surface area contributed by atoms with Gasteiger partial charge in [0, 0.05) is 10.6 Å². The molecule has 2 rings (SSSR count). The Morgan fingerprint density at radius 1 is 1.04 bits per heavy atom. The molecular weight excluding hydrogens is 397 g/mol. The number of benzene rings is 2. The highest BCUT2D eigenvalue weighted by atomic mass is 32.2. The van der Waals surface area contributed by atoms with E-state index in [1.165, 1.54) is 31.2 Å². The van der Waals surface area contributed by atoms with Crippen LogP contribution >= 0.6 is 11.8 Å². The van der Waals surface area contributed by atoms with Crippen LogP contribution in [-0.4, -0.2) is 23.9 Å². The molecule has 2 aromatic carbocycles. The molecule has 0 heterocycles. The predicted octanol–water partition coefficient (Wildman–Crippen LogP) is 6.49. The summed E-state index contributed by atoms with van der Waals surface area (Å²) in [6, 6.07) is 9.03. The van der Waals surface area contributed by atoms with Crippen molar-refractivity contribution in [1.29, 1.82) is 0 Å². The molecule has 0 spiro atoms. The summed E-state index contributed by atoms with van der Waals surface area (Å²) >= 11 is 0.353. The van der Waals surface area contributed by atoms with Gasteiger partial charge in [-0.1, -0.05) is 18.2 Å². The molecule has 0 aliphatic heterocycles. The van der Waals surface area contributed by atoms with E-state index in [1.807, 2.05) is 0 Å². The maximum Gasteiger partial charge on any atom is 0.449 e. The van der Waals surface area contributed by atoms with E-state index in [9.17, 15) is 30.7 Å². The lowest BCUT2D eigenvalue weighted by Crippen LogP contribution is -2.30. The second-order valence-electron chi connectivity index (χ2n) is 5.42. The van der Waals surface area contributed by atoms with Crippen molar-refractivity contribution in [3.8, 4) is 0 Å². The molecule has 0 amide bonds. The van der Waals surface area contributed by atoms with E-state index >= 15 is 0 Å². The number of nitrogens with one attached hydrogen (secondary N) is 1. The SMILES string of the molecule is Cc1cc(F)c(/N=C(/Nc2ccccc2)C(F)(F)F)cc1SCC(F)(F)F. The largest absolute Gasteiger partial charge is 0.449 e. The van der Waals surface area contributed by atoms with Gasteiger partial charge in [0.05, 0.1) is 5.75 Å². The van der Waals surface area contributed by atoms with Crippen LogP contribution in [0.2, 0.25) is 0 Å². The summed E-state index contributed by atoms with van der Waals surface area (Å²) in [7, 11) is 0. The fourth-order valence-corrected chi connectivity index (χ4v) is 2.78. The molecule has 2 nitrogen and oxygen atoms in total. The molecule has 10 heteroatoms. The van der Waals surface area contributed by atoms with Crippen LogP contribution in [-0.2, 0) is 0 Å². The molecular formula is C17H13F7N2S. The number of rotatable bonds is 4. The number of hydrogen-bond acceptors (Lipinski definition) is 2. The number of anilines is 1. The van der Waals surface area contributed by atoms with Crippen LogP contribution in [0.4, 0.5) is 42.1 Å². The van der Waals surface area contributed by atoms with Crippen LogP contribution in [0.3, 0.4) is 0 Å². The minimum absolute atomic E-state index is 0.00582. The van der Waals surface area contributed by atoms with Crippen molar-refractivity contribution in [3.63, 3.8) is 0 Å². The number of aryl methyl sites for hydroxylation is 1. The predicted molar refractivity (Wildman–Crippen MR) is 91.1 cm³/mol. The topological polar surface area (TPSA) is 24.4 Å². The van der Waals surface area contributed by atoms with Crippen LogP contribution in [0.1, 0.15) is 5.56 Å². The zero-order chi connectivity index (χ0) is 20.2. The number of thioether (sulfide) groups is 1. The molecule has 0 saturated carbocycles. The lowest BCUT2D eigenvalue weighted by molar-refractivity contribution is -0.105. The molecule has 0 unspecified atom stereocenters. The minimum Gasteiger partial charge on any atom is -0.336 e. The second-order valence-corrected chi connectivity index (χ2v) is 6.44.